The van der Waals surface area contributed by atoms with E-state index >= 15 is 0 Å². The molecule has 3 N–H and O–H groups in total. The van der Waals surface area contributed by atoms with E-state index in [2.05, 4.69) is 24.8 Å². The van der Waals surface area contributed by atoms with Crippen LogP contribution in [0.25, 0.3) is 11.4 Å². The molecule has 0 amide bonds. The molecule has 0 radical (unpaired) electrons. The average molecular weight is 351 g/mol. The van der Waals surface area contributed by atoms with Crippen molar-refractivity contribution in [1.29, 1.82) is 0 Å². The van der Waals surface area contributed by atoms with Crippen molar-refractivity contribution in [2.75, 3.05) is 6.54 Å². The number of hydrogen-bond acceptors (Lipinski definition) is 7. The zero-order valence-electron chi connectivity index (χ0n) is 13.9. The van der Waals surface area contributed by atoms with Crippen molar-refractivity contribution in [2.45, 2.75) is 19.5 Å². The molecule has 2 aromatic heterocycles. The predicted molar refractivity (Wildman–Crippen MR) is 93.5 cm³/mol. The average Bonchev–Trinajstić information content (AvgIpc) is 2.61. The molecule has 8 heteroatoms. The van der Waals surface area contributed by atoms with Crippen molar-refractivity contribution in [3.8, 4) is 22.9 Å². The van der Waals surface area contributed by atoms with Crippen molar-refractivity contribution >= 4 is 0 Å². The lowest BCUT2D eigenvalue weighted by Gasteiger charge is -2.27. The number of aromatic amines is 1. The van der Waals surface area contributed by atoms with E-state index in [1.54, 1.807) is 24.5 Å². The van der Waals surface area contributed by atoms with Gasteiger partial charge in [0.25, 0.3) is 5.56 Å². The van der Waals surface area contributed by atoms with E-state index in [4.69, 9.17) is 0 Å². The summed E-state index contributed by atoms with van der Waals surface area (Å²) in [7, 11) is 0. The summed E-state index contributed by atoms with van der Waals surface area (Å²) >= 11 is 0. The lowest BCUT2D eigenvalue weighted by atomic mass is 10.0. The van der Waals surface area contributed by atoms with Crippen LogP contribution in [0.5, 0.6) is 11.5 Å². The van der Waals surface area contributed by atoms with Crippen LogP contribution in [0.3, 0.4) is 0 Å². The van der Waals surface area contributed by atoms with Crippen LogP contribution in [0.2, 0.25) is 0 Å². The maximum absolute atomic E-state index is 12.4. The van der Waals surface area contributed by atoms with E-state index in [0.29, 0.717) is 43.0 Å². The van der Waals surface area contributed by atoms with Crippen molar-refractivity contribution in [2.24, 2.45) is 0 Å². The fourth-order valence-electron chi connectivity index (χ4n) is 3.19. The first-order valence-corrected chi connectivity index (χ1v) is 8.20. The lowest BCUT2D eigenvalue weighted by molar-refractivity contribution is 0.240. The summed E-state index contributed by atoms with van der Waals surface area (Å²) in [4.78, 5) is 29.8. The minimum Gasteiger partial charge on any atom is -0.508 e. The van der Waals surface area contributed by atoms with Gasteiger partial charge in [-0.15, -0.1) is 0 Å². The number of benzene rings is 1. The summed E-state index contributed by atoms with van der Waals surface area (Å²) in [5.74, 6) is 0.503. The Labute approximate surface area is 148 Å². The highest BCUT2D eigenvalue weighted by Crippen LogP contribution is 2.24. The zero-order valence-corrected chi connectivity index (χ0v) is 13.9. The Kier molecular flexibility index (Phi) is 4.10. The maximum atomic E-state index is 12.4. The summed E-state index contributed by atoms with van der Waals surface area (Å²) in [6, 6.07) is 4.53. The number of H-pyrrole nitrogens is 1. The molecule has 0 bridgehead atoms. The number of aromatic nitrogens is 4. The first-order valence-electron chi connectivity index (χ1n) is 8.20. The summed E-state index contributed by atoms with van der Waals surface area (Å²) in [5, 5.41) is 19.3. The van der Waals surface area contributed by atoms with Gasteiger partial charge in [0.05, 0.1) is 11.3 Å². The Morgan fingerprint density at radius 3 is 2.58 bits per heavy atom. The second-order valence-electron chi connectivity index (χ2n) is 6.29. The SMILES string of the molecule is O=c1[nH]c(-c2cncnc2)nc2c1CCN(Cc1cc(O)cc(O)c1)C2. The third kappa shape index (κ3) is 3.27. The van der Waals surface area contributed by atoms with Crippen LogP contribution in [0, 0.1) is 0 Å². The first-order chi connectivity index (χ1) is 12.6. The molecule has 8 nitrogen and oxygen atoms in total. The van der Waals surface area contributed by atoms with E-state index in [0.717, 1.165) is 11.3 Å². The van der Waals surface area contributed by atoms with Crippen LogP contribution in [0.1, 0.15) is 16.8 Å². The Morgan fingerprint density at radius 2 is 1.85 bits per heavy atom. The lowest BCUT2D eigenvalue weighted by Crippen LogP contribution is -2.35. The Hall–Kier alpha value is -3.26. The monoisotopic (exact) mass is 351 g/mol. The van der Waals surface area contributed by atoms with Gasteiger partial charge in [0.1, 0.15) is 23.7 Å². The highest BCUT2D eigenvalue weighted by Gasteiger charge is 2.21. The molecule has 3 aromatic rings. The Morgan fingerprint density at radius 1 is 1.12 bits per heavy atom. The molecule has 4 rings (SSSR count). The van der Waals surface area contributed by atoms with Crippen molar-refractivity contribution in [1.82, 2.24) is 24.8 Å². The smallest absolute Gasteiger partial charge is 0.254 e. The van der Waals surface area contributed by atoms with Crippen molar-refractivity contribution in [3.05, 3.63) is 64.1 Å². The minimum absolute atomic E-state index is 0.0262. The third-order valence-electron chi connectivity index (χ3n) is 4.36. The minimum atomic E-state index is -0.136. The van der Waals surface area contributed by atoms with Crippen LogP contribution in [0.15, 0.2) is 41.7 Å². The summed E-state index contributed by atoms with van der Waals surface area (Å²) in [6.45, 7) is 1.75. The molecule has 0 aliphatic carbocycles. The van der Waals surface area contributed by atoms with Crippen LogP contribution in [0.4, 0.5) is 0 Å². The maximum Gasteiger partial charge on any atom is 0.254 e. The fourth-order valence-corrected chi connectivity index (χ4v) is 3.19. The molecule has 0 spiro atoms. The van der Waals surface area contributed by atoms with E-state index in [9.17, 15) is 15.0 Å². The van der Waals surface area contributed by atoms with Gasteiger partial charge in [-0.3, -0.25) is 9.69 Å². The van der Waals surface area contributed by atoms with E-state index < -0.39 is 0 Å². The number of rotatable bonds is 3. The standard InChI is InChI=1S/C18H17N5O3/c24-13-3-11(4-14(25)5-13)8-23-2-1-15-16(9-23)21-17(22-18(15)26)12-6-19-10-20-7-12/h3-7,10,24-25H,1-2,8-9H2,(H,21,22,26). The highest BCUT2D eigenvalue weighted by molar-refractivity contribution is 5.52. The number of hydrogen-bond donors (Lipinski definition) is 3. The van der Waals surface area contributed by atoms with Crippen LogP contribution in [-0.2, 0) is 19.5 Å². The normalized spacial score (nSPS) is 14.2. The quantitative estimate of drug-likeness (QED) is 0.649. The van der Waals surface area contributed by atoms with Crippen LogP contribution >= 0.6 is 0 Å². The number of nitrogens with zero attached hydrogens (tertiary/aromatic N) is 4. The van der Waals surface area contributed by atoms with Gasteiger partial charge in [-0.1, -0.05) is 0 Å². The highest BCUT2D eigenvalue weighted by atomic mass is 16.3. The van der Waals surface area contributed by atoms with E-state index in [1.807, 2.05) is 0 Å². The van der Waals surface area contributed by atoms with E-state index in [-0.39, 0.29) is 17.1 Å². The topological polar surface area (TPSA) is 115 Å². The molecule has 132 valence electrons. The Balaban J connectivity index is 1.61. The summed E-state index contributed by atoms with van der Waals surface area (Å²) in [6.07, 6.45) is 5.22. The van der Waals surface area contributed by atoms with Gasteiger partial charge in [0.2, 0.25) is 0 Å². The molecule has 0 fully saturated rings. The zero-order chi connectivity index (χ0) is 18.1. The van der Waals surface area contributed by atoms with E-state index in [1.165, 1.54) is 12.4 Å². The number of nitrogens with one attached hydrogen (secondary N) is 1. The first kappa shape index (κ1) is 16.2. The summed E-state index contributed by atoms with van der Waals surface area (Å²) in [5.41, 5.74) is 2.74. The molecule has 1 aromatic carbocycles. The van der Waals surface area contributed by atoms with Gasteiger partial charge in [-0.25, -0.2) is 15.0 Å². The fraction of sp³-hybridized carbons (Fsp3) is 0.222. The molecule has 26 heavy (non-hydrogen) atoms. The third-order valence-corrected chi connectivity index (χ3v) is 4.36. The molecular weight excluding hydrogens is 334 g/mol. The largest absolute Gasteiger partial charge is 0.508 e. The number of fused-ring (bicyclic) bond motifs is 1. The number of phenolic OH excluding ortho intramolecular Hbond substituents is 2. The molecule has 0 saturated heterocycles. The molecule has 1 aliphatic heterocycles. The van der Waals surface area contributed by atoms with Gasteiger partial charge in [-0.05, 0) is 24.1 Å². The number of aromatic hydroxyl groups is 2. The van der Waals surface area contributed by atoms with Gasteiger partial charge in [0.15, 0.2) is 0 Å². The van der Waals surface area contributed by atoms with Crippen molar-refractivity contribution < 1.29 is 10.2 Å². The molecule has 0 unspecified atom stereocenters. The predicted octanol–water partition coefficient (Wildman–Crippen LogP) is 1.20. The van der Waals surface area contributed by atoms with Crippen LogP contribution < -0.4 is 5.56 Å². The van der Waals surface area contributed by atoms with Gasteiger partial charge < -0.3 is 15.2 Å². The van der Waals surface area contributed by atoms with Crippen LogP contribution in [-0.4, -0.2) is 41.6 Å². The molecule has 3 heterocycles. The summed E-state index contributed by atoms with van der Waals surface area (Å²) < 4.78 is 0. The van der Waals surface area contributed by atoms with Gasteiger partial charge >= 0.3 is 0 Å². The molecular formula is C18H17N5O3. The second kappa shape index (κ2) is 6.57. The van der Waals surface area contributed by atoms with Gasteiger partial charge in [0, 0.05) is 43.7 Å². The van der Waals surface area contributed by atoms with Gasteiger partial charge in [-0.2, -0.15) is 0 Å². The molecule has 0 atom stereocenters. The Bertz CT molecular complexity index is 983. The van der Waals surface area contributed by atoms with Crippen molar-refractivity contribution in [3.63, 3.8) is 0 Å². The molecule has 1 aliphatic rings. The second-order valence-corrected chi connectivity index (χ2v) is 6.29. The molecule has 0 saturated carbocycles. The number of phenols is 2.